The molecule has 4 nitrogen and oxygen atoms in total. The number of alkyl halides is 3. The third-order valence-electron chi connectivity index (χ3n) is 3.35. The highest BCUT2D eigenvalue weighted by Gasteiger charge is 2.30. The number of amides is 1. The Hall–Kier alpha value is -2.69. The molecule has 0 aromatic heterocycles. The molecule has 1 N–H and O–H groups in total. The van der Waals surface area contributed by atoms with E-state index in [2.05, 4.69) is 5.32 Å². The molecule has 0 fully saturated rings. The third-order valence-corrected chi connectivity index (χ3v) is 3.85. The minimum absolute atomic E-state index is 0.105. The van der Waals surface area contributed by atoms with Crippen LogP contribution in [0.2, 0.25) is 10.0 Å². The van der Waals surface area contributed by atoms with Crippen LogP contribution in [0.25, 0.3) is 6.08 Å². The predicted octanol–water partition coefficient (Wildman–Crippen LogP) is 5.57. The van der Waals surface area contributed by atoms with Crippen LogP contribution in [-0.4, -0.2) is 13.0 Å². The lowest BCUT2D eigenvalue weighted by Crippen LogP contribution is -2.14. The largest absolute Gasteiger partial charge is 0.495 e. The molecule has 0 bridgehead atoms. The molecule has 0 saturated carbocycles. The molecule has 0 spiro atoms. The number of ether oxygens (including phenoxy) is 1. The van der Waals surface area contributed by atoms with Crippen molar-refractivity contribution >= 4 is 40.9 Å². The van der Waals surface area contributed by atoms with Crippen LogP contribution >= 0.6 is 23.2 Å². The van der Waals surface area contributed by atoms with Crippen LogP contribution in [0, 0.1) is 11.3 Å². The van der Waals surface area contributed by atoms with Crippen molar-refractivity contribution in [3.05, 3.63) is 63.1 Å². The van der Waals surface area contributed by atoms with E-state index in [1.807, 2.05) is 0 Å². The van der Waals surface area contributed by atoms with Crippen molar-refractivity contribution in [1.82, 2.24) is 0 Å². The fraction of sp³-hybridized carbons (Fsp3) is 0.111. The maximum atomic E-state index is 12.8. The van der Waals surface area contributed by atoms with Gasteiger partial charge in [0.25, 0.3) is 5.91 Å². The standard InChI is InChI=1S/C18H11Cl2F3N2O2/c1-27-16-10(6-13(19)8-15(16)20)5-11(9-24)17(26)25-14-4-2-3-12(7-14)18(21,22)23/h2-8H,1H3,(H,25,26)/b11-5+. The molecule has 2 rings (SSSR count). The molecule has 140 valence electrons. The molecule has 0 aliphatic rings. The number of nitrogens with zero attached hydrogens (tertiary/aromatic N) is 1. The fourth-order valence-electron chi connectivity index (χ4n) is 2.18. The second kappa shape index (κ2) is 8.33. The number of methoxy groups -OCH3 is 1. The van der Waals surface area contributed by atoms with Crippen molar-refractivity contribution in [1.29, 1.82) is 5.26 Å². The Morgan fingerprint density at radius 3 is 2.56 bits per heavy atom. The first-order chi connectivity index (χ1) is 12.7. The van der Waals surface area contributed by atoms with Crippen molar-refractivity contribution in [2.75, 3.05) is 12.4 Å². The number of carbonyl (C=O) groups excluding carboxylic acids is 1. The summed E-state index contributed by atoms with van der Waals surface area (Å²) in [6.07, 6.45) is -3.38. The maximum Gasteiger partial charge on any atom is 0.416 e. The Kier molecular flexibility index (Phi) is 6.37. The number of halogens is 5. The van der Waals surface area contributed by atoms with Crippen LogP contribution in [0.1, 0.15) is 11.1 Å². The number of rotatable bonds is 4. The van der Waals surface area contributed by atoms with Gasteiger partial charge in [-0.05, 0) is 36.4 Å². The molecule has 9 heteroatoms. The highest BCUT2D eigenvalue weighted by atomic mass is 35.5. The van der Waals surface area contributed by atoms with Crippen LogP contribution in [0.5, 0.6) is 5.75 Å². The molecule has 0 heterocycles. The van der Waals surface area contributed by atoms with Crippen molar-refractivity contribution in [3.63, 3.8) is 0 Å². The summed E-state index contributed by atoms with van der Waals surface area (Å²) in [4.78, 5) is 12.3. The number of carbonyl (C=O) groups is 1. The molecule has 0 aliphatic heterocycles. The minimum Gasteiger partial charge on any atom is -0.495 e. The summed E-state index contributed by atoms with van der Waals surface area (Å²) in [7, 11) is 1.35. The van der Waals surface area contributed by atoms with Gasteiger partial charge in [-0.2, -0.15) is 18.4 Å². The second-order valence-electron chi connectivity index (χ2n) is 5.21. The summed E-state index contributed by atoms with van der Waals surface area (Å²) in [5, 5.41) is 11.9. The van der Waals surface area contributed by atoms with Gasteiger partial charge < -0.3 is 10.1 Å². The summed E-state index contributed by atoms with van der Waals surface area (Å²) >= 11 is 11.9. The van der Waals surface area contributed by atoms with Crippen molar-refractivity contribution < 1.29 is 22.7 Å². The first-order valence-electron chi connectivity index (χ1n) is 7.29. The molecule has 0 radical (unpaired) electrons. The lowest BCUT2D eigenvalue weighted by atomic mass is 10.1. The van der Waals surface area contributed by atoms with E-state index in [-0.39, 0.29) is 32.6 Å². The van der Waals surface area contributed by atoms with Gasteiger partial charge in [-0.15, -0.1) is 0 Å². The zero-order valence-corrected chi connectivity index (χ0v) is 15.2. The predicted molar refractivity (Wildman–Crippen MR) is 96.7 cm³/mol. The van der Waals surface area contributed by atoms with Gasteiger partial charge in [0.15, 0.2) is 0 Å². The Balaban J connectivity index is 2.35. The van der Waals surface area contributed by atoms with Crippen LogP contribution in [-0.2, 0) is 11.0 Å². The number of anilines is 1. The topological polar surface area (TPSA) is 62.1 Å². The van der Waals surface area contributed by atoms with Crippen molar-refractivity contribution in [2.45, 2.75) is 6.18 Å². The first-order valence-corrected chi connectivity index (χ1v) is 8.04. The minimum atomic E-state index is -4.56. The van der Waals surface area contributed by atoms with Gasteiger partial charge in [0.1, 0.15) is 17.4 Å². The Morgan fingerprint density at radius 1 is 1.26 bits per heavy atom. The van der Waals surface area contributed by atoms with E-state index in [9.17, 15) is 23.2 Å². The molecule has 1 amide bonds. The van der Waals surface area contributed by atoms with Crippen molar-refractivity contribution in [2.24, 2.45) is 0 Å². The SMILES string of the molecule is COc1c(Cl)cc(Cl)cc1/C=C(\C#N)C(=O)Nc1cccc(C(F)(F)F)c1. The molecular weight excluding hydrogens is 404 g/mol. The molecule has 0 aliphatic carbocycles. The lowest BCUT2D eigenvalue weighted by molar-refractivity contribution is -0.137. The van der Waals surface area contributed by atoms with E-state index in [1.165, 1.54) is 31.4 Å². The van der Waals surface area contributed by atoms with Crippen LogP contribution in [0.3, 0.4) is 0 Å². The molecule has 2 aromatic carbocycles. The number of hydrogen-bond donors (Lipinski definition) is 1. The fourth-order valence-corrected chi connectivity index (χ4v) is 2.76. The Bertz CT molecular complexity index is 951. The van der Waals surface area contributed by atoms with Crippen LogP contribution < -0.4 is 10.1 Å². The number of hydrogen-bond acceptors (Lipinski definition) is 3. The molecule has 0 unspecified atom stereocenters. The smallest absolute Gasteiger partial charge is 0.416 e. The zero-order chi connectivity index (χ0) is 20.2. The highest BCUT2D eigenvalue weighted by Crippen LogP contribution is 2.34. The summed E-state index contributed by atoms with van der Waals surface area (Å²) in [6.45, 7) is 0. The normalized spacial score (nSPS) is 11.7. The number of nitriles is 1. The van der Waals surface area contributed by atoms with E-state index < -0.39 is 17.6 Å². The van der Waals surface area contributed by atoms with E-state index >= 15 is 0 Å². The number of nitrogens with one attached hydrogen (secondary N) is 1. The van der Waals surface area contributed by atoms with Gasteiger partial charge in [-0.1, -0.05) is 29.3 Å². The highest BCUT2D eigenvalue weighted by molar-refractivity contribution is 6.36. The third kappa shape index (κ3) is 5.16. The van der Waals surface area contributed by atoms with Gasteiger partial charge in [0, 0.05) is 16.3 Å². The van der Waals surface area contributed by atoms with E-state index in [4.69, 9.17) is 27.9 Å². The molecule has 27 heavy (non-hydrogen) atoms. The Labute approximate surface area is 162 Å². The summed E-state index contributed by atoms with van der Waals surface area (Å²) in [5.41, 5.74) is -1.13. The van der Waals surface area contributed by atoms with E-state index in [0.717, 1.165) is 18.2 Å². The average molecular weight is 415 g/mol. The molecule has 0 atom stereocenters. The molecule has 2 aromatic rings. The zero-order valence-electron chi connectivity index (χ0n) is 13.7. The van der Waals surface area contributed by atoms with Gasteiger partial charge in [-0.25, -0.2) is 0 Å². The summed E-state index contributed by atoms with van der Waals surface area (Å²) in [5.74, 6) is -0.698. The summed E-state index contributed by atoms with van der Waals surface area (Å²) in [6, 6.07) is 8.61. The van der Waals surface area contributed by atoms with Gasteiger partial charge in [0.05, 0.1) is 17.7 Å². The lowest BCUT2D eigenvalue weighted by Gasteiger charge is -2.10. The Morgan fingerprint density at radius 2 is 1.96 bits per heavy atom. The van der Waals surface area contributed by atoms with Crippen molar-refractivity contribution in [3.8, 4) is 11.8 Å². The van der Waals surface area contributed by atoms with E-state index in [1.54, 1.807) is 6.07 Å². The van der Waals surface area contributed by atoms with Gasteiger partial charge in [0.2, 0.25) is 0 Å². The molecule has 0 saturated heterocycles. The van der Waals surface area contributed by atoms with Crippen LogP contribution in [0.4, 0.5) is 18.9 Å². The quantitative estimate of drug-likeness (QED) is 0.525. The first kappa shape index (κ1) is 20.6. The van der Waals surface area contributed by atoms with Crippen LogP contribution in [0.15, 0.2) is 42.0 Å². The number of benzene rings is 2. The van der Waals surface area contributed by atoms with E-state index in [0.29, 0.717) is 0 Å². The molecular formula is C18H11Cl2F3N2O2. The average Bonchev–Trinajstić information content (AvgIpc) is 2.58. The maximum absolute atomic E-state index is 12.8. The summed E-state index contributed by atoms with van der Waals surface area (Å²) < 4.78 is 43.4. The monoisotopic (exact) mass is 414 g/mol. The van der Waals surface area contributed by atoms with Gasteiger partial charge >= 0.3 is 6.18 Å². The second-order valence-corrected chi connectivity index (χ2v) is 6.06. The van der Waals surface area contributed by atoms with Gasteiger partial charge in [-0.3, -0.25) is 4.79 Å².